The molecule has 0 aliphatic carbocycles. The second-order valence-corrected chi connectivity index (χ2v) is 2.89. The second-order valence-electron chi connectivity index (χ2n) is 2.89. The number of carbonyl (C=O) groups is 1. The lowest BCUT2D eigenvalue weighted by Crippen LogP contribution is -2.09. The number of rotatable bonds is 3. The Morgan fingerprint density at radius 1 is 1.46 bits per heavy atom. The van der Waals surface area contributed by atoms with Crippen LogP contribution in [-0.2, 0) is 11.2 Å². The van der Waals surface area contributed by atoms with Crippen LogP contribution in [-0.4, -0.2) is 18.9 Å². The molecule has 1 atom stereocenters. The molecule has 0 aliphatic heterocycles. The Balaban J connectivity index is 2.64. The van der Waals surface area contributed by atoms with Gasteiger partial charge in [0.25, 0.3) is 5.97 Å². The maximum absolute atomic E-state index is 10.4. The van der Waals surface area contributed by atoms with Crippen LogP contribution in [0.25, 0.3) is 0 Å². The average molecular weight is 175 g/mol. The number of carboxylic acid groups (broad SMARTS) is 1. The Labute approximate surface area is 78.0 Å². The van der Waals surface area contributed by atoms with Crippen molar-refractivity contribution in [2.45, 2.75) is 12.2 Å². The number of nitrogens with two attached hydrogens (primary N) is 1. The van der Waals surface area contributed by atoms with Gasteiger partial charge in [0.1, 0.15) is 0 Å². The van der Waals surface area contributed by atoms with Gasteiger partial charge in [-0.05, 0) is 24.1 Å². The van der Waals surface area contributed by atoms with Crippen molar-refractivity contribution in [1.29, 1.82) is 0 Å². The number of carboxylic acids is 1. The molecule has 3 N–H and O–H groups in total. The smallest absolute Gasteiger partial charge is 0.297 e. The molecule has 0 unspecified atom stereocenters. The number of nitrogen functional groups attached to an aromatic ring is 1. The van der Waals surface area contributed by atoms with Crippen LogP contribution < -0.4 is 5.73 Å². The molecule has 2 radical (unpaired) electrons. The van der Waals surface area contributed by atoms with Gasteiger partial charge >= 0.3 is 0 Å². The van der Waals surface area contributed by atoms with Crippen LogP contribution in [0.1, 0.15) is 5.56 Å². The number of hydrogen-bond acceptors (Lipinski definition) is 2. The van der Waals surface area contributed by atoms with E-state index in [0.717, 1.165) is 5.56 Å². The summed E-state index contributed by atoms with van der Waals surface area (Å²) in [6.07, 6.45) is 0.329. The Bertz CT molecular complexity index is 297. The third kappa shape index (κ3) is 2.82. The van der Waals surface area contributed by atoms with Gasteiger partial charge in [0.15, 0.2) is 0 Å². The zero-order chi connectivity index (χ0) is 9.84. The van der Waals surface area contributed by atoms with Crippen LogP contribution in [0.15, 0.2) is 24.3 Å². The van der Waals surface area contributed by atoms with Gasteiger partial charge in [-0.2, -0.15) is 0 Å². The van der Waals surface area contributed by atoms with Crippen molar-refractivity contribution >= 4 is 19.5 Å². The molecule has 1 aromatic carbocycles. The number of benzene rings is 1. The van der Waals surface area contributed by atoms with Crippen LogP contribution >= 0.6 is 0 Å². The predicted molar refractivity (Wildman–Crippen MR) is 51.7 cm³/mol. The van der Waals surface area contributed by atoms with Gasteiger partial charge in [-0.25, -0.2) is 0 Å². The molecule has 1 aromatic rings. The van der Waals surface area contributed by atoms with Crippen molar-refractivity contribution in [3.63, 3.8) is 0 Å². The largest absolute Gasteiger partial charge is 0.482 e. The third-order valence-corrected chi connectivity index (χ3v) is 1.75. The maximum Gasteiger partial charge on any atom is 0.297 e. The minimum atomic E-state index is -0.989. The lowest BCUT2D eigenvalue weighted by molar-refractivity contribution is -0.136. The SMILES string of the molecule is [B][C@H](Cc1ccc(N)cc1)C(=O)O. The summed E-state index contributed by atoms with van der Waals surface area (Å²) in [7, 11) is 5.36. The first kappa shape index (κ1) is 9.64. The van der Waals surface area contributed by atoms with Gasteiger partial charge in [-0.15, -0.1) is 0 Å². The van der Waals surface area contributed by atoms with E-state index in [2.05, 4.69) is 0 Å². The van der Waals surface area contributed by atoms with E-state index in [0.29, 0.717) is 12.1 Å². The van der Waals surface area contributed by atoms with Crippen molar-refractivity contribution in [3.05, 3.63) is 29.8 Å². The van der Waals surface area contributed by atoms with E-state index in [-0.39, 0.29) is 0 Å². The van der Waals surface area contributed by atoms with Crippen molar-refractivity contribution < 1.29 is 9.90 Å². The molecule has 0 fully saturated rings. The second kappa shape index (κ2) is 3.98. The Kier molecular flexibility index (Phi) is 2.95. The molecule has 0 aliphatic rings. The Hall–Kier alpha value is -1.45. The third-order valence-electron chi connectivity index (χ3n) is 1.75. The summed E-state index contributed by atoms with van der Waals surface area (Å²) in [5.41, 5.74) is 7.01. The molecule has 0 spiro atoms. The molecule has 0 aromatic heterocycles. The minimum Gasteiger partial charge on any atom is -0.482 e. The van der Waals surface area contributed by atoms with Crippen LogP contribution in [0.5, 0.6) is 0 Å². The molecule has 3 nitrogen and oxygen atoms in total. The molecule has 66 valence electrons. The van der Waals surface area contributed by atoms with Crippen LogP contribution in [0.3, 0.4) is 0 Å². The topological polar surface area (TPSA) is 63.3 Å². The first-order valence-corrected chi connectivity index (χ1v) is 3.92. The van der Waals surface area contributed by atoms with Gasteiger partial charge in [-0.3, -0.25) is 4.79 Å². The van der Waals surface area contributed by atoms with Crippen LogP contribution in [0.4, 0.5) is 5.69 Å². The predicted octanol–water partition coefficient (Wildman–Crippen LogP) is 0.853. The van der Waals surface area contributed by atoms with E-state index in [9.17, 15) is 4.79 Å². The number of aliphatic carboxylic acids is 1. The normalized spacial score (nSPS) is 12.3. The summed E-state index contributed by atoms with van der Waals surface area (Å²) >= 11 is 0. The van der Waals surface area contributed by atoms with Crippen molar-refractivity contribution in [3.8, 4) is 0 Å². The quantitative estimate of drug-likeness (QED) is 0.528. The van der Waals surface area contributed by atoms with Crippen molar-refractivity contribution in [1.82, 2.24) is 0 Å². The van der Waals surface area contributed by atoms with E-state index in [1.54, 1.807) is 24.3 Å². The van der Waals surface area contributed by atoms with E-state index in [1.807, 2.05) is 0 Å². The van der Waals surface area contributed by atoms with Gasteiger partial charge in [0.05, 0.1) is 7.85 Å². The summed E-state index contributed by atoms with van der Waals surface area (Å²) in [5.74, 6) is -1.83. The number of hydrogen-bond donors (Lipinski definition) is 2. The van der Waals surface area contributed by atoms with E-state index in [1.165, 1.54) is 0 Å². The molecule has 0 amide bonds. The summed E-state index contributed by atoms with van der Waals surface area (Å²) in [6, 6.07) is 7.00. The lowest BCUT2D eigenvalue weighted by atomic mass is 9.82. The standard InChI is InChI=1S/C9H10BNO2/c10-8(9(12)13)5-6-1-3-7(11)4-2-6/h1-4,8H,5,11H2,(H,12,13)/t8-/m1/s1. The first-order chi connectivity index (χ1) is 6.09. The fourth-order valence-corrected chi connectivity index (χ4v) is 0.995. The summed E-state index contributed by atoms with van der Waals surface area (Å²) in [6.45, 7) is 0. The molecule has 0 bridgehead atoms. The molecule has 0 saturated heterocycles. The average Bonchev–Trinajstić information content (AvgIpc) is 2.08. The van der Waals surface area contributed by atoms with Crippen LogP contribution in [0.2, 0.25) is 5.82 Å². The van der Waals surface area contributed by atoms with Gasteiger partial charge in [0.2, 0.25) is 0 Å². The van der Waals surface area contributed by atoms with E-state index >= 15 is 0 Å². The summed E-state index contributed by atoms with van der Waals surface area (Å²) in [4.78, 5) is 10.4. The Morgan fingerprint density at radius 2 is 2.00 bits per heavy atom. The minimum absolute atomic E-state index is 0.329. The highest BCUT2D eigenvalue weighted by atomic mass is 16.4. The van der Waals surface area contributed by atoms with E-state index in [4.69, 9.17) is 18.7 Å². The highest BCUT2D eigenvalue weighted by Crippen LogP contribution is 2.12. The molecule has 0 heterocycles. The highest BCUT2D eigenvalue weighted by molar-refractivity contribution is 6.22. The maximum atomic E-state index is 10.4. The molecule has 0 saturated carbocycles. The van der Waals surface area contributed by atoms with Crippen molar-refractivity contribution in [2.24, 2.45) is 0 Å². The highest BCUT2D eigenvalue weighted by Gasteiger charge is 2.10. The first-order valence-electron chi connectivity index (χ1n) is 3.92. The zero-order valence-corrected chi connectivity index (χ0v) is 7.10. The summed E-state index contributed by atoms with van der Waals surface area (Å²) < 4.78 is 0. The number of anilines is 1. The Morgan fingerprint density at radius 3 is 2.46 bits per heavy atom. The zero-order valence-electron chi connectivity index (χ0n) is 7.10. The fourth-order valence-electron chi connectivity index (χ4n) is 0.995. The van der Waals surface area contributed by atoms with Gasteiger partial charge in [0, 0.05) is 11.5 Å². The van der Waals surface area contributed by atoms with Crippen LogP contribution in [0, 0.1) is 0 Å². The monoisotopic (exact) mass is 175 g/mol. The molecule has 13 heavy (non-hydrogen) atoms. The fraction of sp³-hybridized carbons (Fsp3) is 0.222. The van der Waals surface area contributed by atoms with E-state index < -0.39 is 11.8 Å². The molecular formula is C9H10BNO2. The van der Waals surface area contributed by atoms with Gasteiger partial charge in [-0.1, -0.05) is 12.1 Å². The molecular weight excluding hydrogens is 165 g/mol. The van der Waals surface area contributed by atoms with Crippen molar-refractivity contribution in [2.75, 3.05) is 5.73 Å². The molecule has 1 rings (SSSR count). The summed E-state index contributed by atoms with van der Waals surface area (Å²) in [5, 5.41) is 8.55. The van der Waals surface area contributed by atoms with Gasteiger partial charge < -0.3 is 10.8 Å². The molecule has 4 heteroatoms. The lowest BCUT2D eigenvalue weighted by Gasteiger charge is -2.06.